The lowest BCUT2D eigenvalue weighted by molar-refractivity contribution is 0.0122. The Morgan fingerprint density at radius 1 is 0.938 bits per heavy atom. The quantitative estimate of drug-likeness (QED) is 0.223. The number of halogens is 1. The summed E-state index contributed by atoms with van der Waals surface area (Å²) in [5, 5.41) is 3.37. The number of azide groups is 1. The van der Waals surface area contributed by atoms with E-state index in [4.69, 9.17) is 19.7 Å². The number of hydrogen-bond acceptors (Lipinski definition) is 4. The van der Waals surface area contributed by atoms with Crippen molar-refractivity contribution >= 4 is 0 Å². The van der Waals surface area contributed by atoms with Crippen LogP contribution in [-0.2, 0) is 14.2 Å². The SMILES string of the molecule is [N-]=[N+]=NCCCOCCOCCOCCF. The number of nitrogens with zero attached hydrogens (tertiary/aromatic N) is 3. The largest absolute Gasteiger partial charge is 0.379 e. The molecule has 0 aromatic rings. The molecule has 0 unspecified atom stereocenters. The van der Waals surface area contributed by atoms with Gasteiger partial charge in [-0.15, -0.1) is 0 Å². The molecule has 94 valence electrons. The number of ether oxygens (including phenoxy) is 3. The lowest BCUT2D eigenvalue weighted by Gasteiger charge is -2.05. The van der Waals surface area contributed by atoms with E-state index in [2.05, 4.69) is 10.0 Å². The summed E-state index contributed by atoms with van der Waals surface area (Å²) in [6.07, 6.45) is 0.712. The van der Waals surface area contributed by atoms with Crippen molar-refractivity contribution in [1.29, 1.82) is 0 Å². The van der Waals surface area contributed by atoms with Crippen molar-refractivity contribution in [3.63, 3.8) is 0 Å². The molecule has 0 heterocycles. The molecule has 0 fully saturated rings. The van der Waals surface area contributed by atoms with Gasteiger partial charge in [-0.05, 0) is 12.0 Å². The van der Waals surface area contributed by atoms with E-state index in [0.717, 1.165) is 0 Å². The van der Waals surface area contributed by atoms with Gasteiger partial charge in [0.15, 0.2) is 0 Å². The van der Waals surface area contributed by atoms with Crippen LogP contribution in [0.1, 0.15) is 6.42 Å². The maximum absolute atomic E-state index is 11.6. The van der Waals surface area contributed by atoms with Gasteiger partial charge < -0.3 is 14.2 Å². The Bertz CT molecular complexity index is 189. The van der Waals surface area contributed by atoms with E-state index >= 15 is 0 Å². The van der Waals surface area contributed by atoms with E-state index in [1.165, 1.54) is 0 Å². The third-order valence-corrected chi connectivity index (χ3v) is 1.58. The summed E-state index contributed by atoms with van der Waals surface area (Å²) in [5.41, 5.74) is 7.99. The molecule has 0 amide bonds. The van der Waals surface area contributed by atoms with Crippen LogP contribution < -0.4 is 0 Å². The highest BCUT2D eigenvalue weighted by molar-refractivity contribution is 4.45. The van der Waals surface area contributed by atoms with Crippen LogP contribution >= 0.6 is 0 Å². The zero-order valence-corrected chi connectivity index (χ0v) is 9.31. The summed E-state index contributed by atoms with van der Waals surface area (Å²) in [6, 6.07) is 0. The van der Waals surface area contributed by atoms with Crippen LogP contribution in [0, 0.1) is 0 Å². The molecule has 0 saturated carbocycles. The third kappa shape index (κ3) is 13.1. The van der Waals surface area contributed by atoms with E-state index in [1.807, 2.05) is 0 Å². The molecule has 0 aliphatic carbocycles. The molecular formula is C9H18FN3O3. The molecule has 16 heavy (non-hydrogen) atoms. The Kier molecular flexibility index (Phi) is 13.3. The standard InChI is InChI=1S/C9H18FN3O3/c10-2-5-15-7-9-16-8-6-14-4-1-3-12-13-11/h1-9H2. The average Bonchev–Trinajstić information content (AvgIpc) is 2.31. The highest BCUT2D eigenvalue weighted by Crippen LogP contribution is 1.86. The number of rotatable bonds is 12. The van der Waals surface area contributed by atoms with Gasteiger partial charge in [0.1, 0.15) is 6.67 Å². The first-order valence-corrected chi connectivity index (χ1v) is 5.22. The van der Waals surface area contributed by atoms with Gasteiger partial charge in [-0.25, -0.2) is 4.39 Å². The van der Waals surface area contributed by atoms with E-state index < -0.39 is 6.67 Å². The Hall–Kier alpha value is -0.880. The Morgan fingerprint density at radius 2 is 1.50 bits per heavy atom. The van der Waals surface area contributed by atoms with Crippen molar-refractivity contribution < 1.29 is 18.6 Å². The molecular weight excluding hydrogens is 217 g/mol. The second-order valence-corrected chi connectivity index (χ2v) is 2.83. The third-order valence-electron chi connectivity index (χ3n) is 1.58. The molecule has 0 atom stereocenters. The van der Waals surface area contributed by atoms with Crippen molar-refractivity contribution in [2.45, 2.75) is 6.42 Å². The Balaban J connectivity index is 2.90. The van der Waals surface area contributed by atoms with Crippen LogP contribution in [0.2, 0.25) is 0 Å². The zero-order chi connectivity index (χ0) is 11.9. The fourth-order valence-electron chi connectivity index (χ4n) is 0.878. The van der Waals surface area contributed by atoms with Crippen molar-refractivity contribution in [3.05, 3.63) is 10.4 Å². The minimum atomic E-state index is -0.464. The predicted molar refractivity (Wildman–Crippen MR) is 57.1 cm³/mol. The van der Waals surface area contributed by atoms with Crippen LogP contribution in [0.25, 0.3) is 10.4 Å². The van der Waals surface area contributed by atoms with Gasteiger partial charge in [0, 0.05) is 18.1 Å². The lowest BCUT2D eigenvalue weighted by Crippen LogP contribution is -2.10. The van der Waals surface area contributed by atoms with Crippen molar-refractivity contribution in [1.82, 2.24) is 0 Å². The second kappa shape index (κ2) is 14.1. The molecule has 0 aliphatic rings. The van der Waals surface area contributed by atoms with Gasteiger partial charge in [-0.3, -0.25) is 0 Å². The molecule has 7 heteroatoms. The fraction of sp³-hybridized carbons (Fsp3) is 1.00. The molecule has 0 aromatic heterocycles. The molecule has 0 N–H and O–H groups in total. The fourth-order valence-corrected chi connectivity index (χ4v) is 0.878. The summed E-state index contributed by atoms with van der Waals surface area (Å²) in [5.74, 6) is 0. The normalized spacial score (nSPS) is 10.1. The first-order chi connectivity index (χ1) is 7.91. The highest BCUT2D eigenvalue weighted by Gasteiger charge is 1.91. The molecule has 6 nitrogen and oxygen atoms in total. The van der Waals surface area contributed by atoms with Crippen molar-refractivity contribution in [2.24, 2.45) is 5.11 Å². The van der Waals surface area contributed by atoms with E-state index in [9.17, 15) is 4.39 Å². The molecule has 0 spiro atoms. The lowest BCUT2D eigenvalue weighted by atomic mass is 10.5. The van der Waals surface area contributed by atoms with Crippen LogP contribution in [0.15, 0.2) is 5.11 Å². The van der Waals surface area contributed by atoms with Crippen LogP contribution in [0.3, 0.4) is 0 Å². The topological polar surface area (TPSA) is 76.5 Å². The van der Waals surface area contributed by atoms with Crippen LogP contribution in [0.4, 0.5) is 4.39 Å². The number of hydrogen-bond donors (Lipinski definition) is 0. The van der Waals surface area contributed by atoms with E-state index in [1.54, 1.807) is 0 Å². The summed E-state index contributed by atoms with van der Waals surface area (Å²) < 4.78 is 26.8. The summed E-state index contributed by atoms with van der Waals surface area (Å²) >= 11 is 0. The van der Waals surface area contributed by atoms with E-state index in [-0.39, 0.29) is 6.61 Å². The van der Waals surface area contributed by atoms with Gasteiger partial charge >= 0.3 is 0 Å². The van der Waals surface area contributed by atoms with Gasteiger partial charge in [0.2, 0.25) is 0 Å². The first-order valence-electron chi connectivity index (χ1n) is 5.22. The zero-order valence-electron chi connectivity index (χ0n) is 9.31. The van der Waals surface area contributed by atoms with Crippen molar-refractivity contribution in [3.8, 4) is 0 Å². The maximum Gasteiger partial charge on any atom is 0.113 e. The van der Waals surface area contributed by atoms with Crippen LogP contribution in [0.5, 0.6) is 0 Å². The van der Waals surface area contributed by atoms with Gasteiger partial charge in [-0.2, -0.15) is 0 Å². The highest BCUT2D eigenvalue weighted by atomic mass is 19.1. The minimum Gasteiger partial charge on any atom is -0.379 e. The van der Waals surface area contributed by atoms with Gasteiger partial charge in [0.25, 0.3) is 0 Å². The molecule has 0 rings (SSSR count). The average molecular weight is 235 g/mol. The monoisotopic (exact) mass is 235 g/mol. The van der Waals surface area contributed by atoms with Gasteiger partial charge in [0.05, 0.1) is 33.0 Å². The Labute approximate surface area is 94.3 Å². The number of alkyl halides is 1. The van der Waals surface area contributed by atoms with E-state index in [0.29, 0.717) is 46.0 Å². The summed E-state index contributed by atoms with van der Waals surface area (Å²) in [4.78, 5) is 2.62. The molecule has 0 aliphatic heterocycles. The van der Waals surface area contributed by atoms with Gasteiger partial charge in [-0.1, -0.05) is 5.11 Å². The van der Waals surface area contributed by atoms with Crippen molar-refractivity contribution in [2.75, 3.05) is 52.9 Å². The van der Waals surface area contributed by atoms with Crippen LogP contribution in [-0.4, -0.2) is 52.9 Å². The molecule has 0 aromatic carbocycles. The smallest absolute Gasteiger partial charge is 0.113 e. The maximum atomic E-state index is 11.6. The summed E-state index contributed by atoms with van der Waals surface area (Å²) in [7, 11) is 0. The molecule has 0 radical (unpaired) electrons. The molecule has 0 bridgehead atoms. The summed E-state index contributed by atoms with van der Waals surface area (Å²) in [6.45, 7) is 2.51. The molecule has 0 saturated heterocycles. The first kappa shape index (κ1) is 15.1. The minimum absolute atomic E-state index is 0.124. The second-order valence-electron chi connectivity index (χ2n) is 2.83. The predicted octanol–water partition coefficient (Wildman–Crippen LogP) is 1.71. The Morgan fingerprint density at radius 3 is 2.06 bits per heavy atom.